The van der Waals surface area contributed by atoms with Gasteiger partial charge in [0.25, 0.3) is 0 Å². The average Bonchev–Trinajstić information content (AvgIpc) is 2.02. The van der Waals surface area contributed by atoms with Gasteiger partial charge in [0, 0.05) is 6.42 Å². The zero-order valence-corrected chi connectivity index (χ0v) is 8.17. The number of ether oxygens (including phenoxy) is 1. The Hall–Kier alpha value is -0.570. The summed E-state index contributed by atoms with van der Waals surface area (Å²) in [7, 11) is 0. The Morgan fingerprint density at radius 2 is 2.31 bits per heavy atom. The maximum atomic E-state index is 11.3. The summed E-state index contributed by atoms with van der Waals surface area (Å²) in [5, 5.41) is 9.27. The Morgan fingerprint density at radius 3 is 2.62 bits per heavy atom. The van der Waals surface area contributed by atoms with Crippen molar-refractivity contribution < 1.29 is 14.6 Å². The fourth-order valence-corrected chi connectivity index (χ4v) is 2.97. The minimum absolute atomic E-state index is 0.337. The van der Waals surface area contributed by atoms with Crippen LogP contribution in [0.1, 0.15) is 39.5 Å². The Kier molecular flexibility index (Phi) is 1.71. The minimum Gasteiger partial charge on any atom is -0.481 e. The molecule has 3 fully saturated rings. The van der Waals surface area contributed by atoms with Crippen LogP contribution in [-0.4, -0.2) is 22.8 Å². The van der Waals surface area contributed by atoms with Crippen LogP contribution >= 0.6 is 0 Å². The Labute approximate surface area is 78.1 Å². The molecule has 3 nitrogen and oxygen atoms in total. The molecule has 3 aliphatic rings. The lowest BCUT2D eigenvalue weighted by atomic mass is 9.58. The number of hydrogen-bond donors (Lipinski definition) is 1. The smallest absolute Gasteiger partial charge is 0.312 e. The first kappa shape index (κ1) is 9.00. The second kappa shape index (κ2) is 2.47. The molecule has 3 rings (SSSR count). The summed E-state index contributed by atoms with van der Waals surface area (Å²) in [6.45, 7) is 3.89. The number of aliphatic carboxylic acids is 1. The van der Waals surface area contributed by atoms with E-state index < -0.39 is 17.0 Å². The molecule has 3 heteroatoms. The van der Waals surface area contributed by atoms with Crippen molar-refractivity contribution in [2.45, 2.75) is 51.2 Å². The lowest BCUT2D eigenvalue weighted by molar-refractivity contribution is -0.288. The van der Waals surface area contributed by atoms with Crippen LogP contribution < -0.4 is 0 Å². The zero-order valence-electron chi connectivity index (χ0n) is 8.17. The molecule has 2 heterocycles. The van der Waals surface area contributed by atoms with Gasteiger partial charge >= 0.3 is 5.97 Å². The highest BCUT2D eigenvalue weighted by atomic mass is 16.5. The first-order valence-corrected chi connectivity index (χ1v) is 4.95. The second-order valence-electron chi connectivity index (χ2n) is 4.45. The maximum absolute atomic E-state index is 11.3. The molecule has 0 aromatic carbocycles. The third-order valence-corrected chi connectivity index (χ3v) is 3.96. The maximum Gasteiger partial charge on any atom is 0.312 e. The standard InChI is InChI=1S/C10H16O3/c1-3-10(8(11)12)5-4-7-6-9(10,2)13-7/h7H,3-6H2,1-2H3,(H,11,12). The molecular weight excluding hydrogens is 168 g/mol. The van der Waals surface area contributed by atoms with Gasteiger partial charge in [-0.1, -0.05) is 6.92 Å². The molecule has 0 radical (unpaired) electrons. The van der Waals surface area contributed by atoms with Gasteiger partial charge in [-0.3, -0.25) is 4.79 Å². The molecule has 0 amide bonds. The average molecular weight is 184 g/mol. The number of rotatable bonds is 2. The molecule has 13 heavy (non-hydrogen) atoms. The normalized spacial score (nSPS) is 48.3. The molecule has 74 valence electrons. The van der Waals surface area contributed by atoms with Crippen molar-refractivity contribution in [3.63, 3.8) is 0 Å². The first-order valence-electron chi connectivity index (χ1n) is 4.95. The Bertz CT molecular complexity index is 243. The van der Waals surface area contributed by atoms with Crippen LogP contribution in [0.3, 0.4) is 0 Å². The van der Waals surface area contributed by atoms with Crippen LogP contribution in [0.4, 0.5) is 0 Å². The molecule has 1 saturated carbocycles. The molecular formula is C10H16O3. The lowest BCUT2D eigenvalue weighted by Crippen LogP contribution is -2.66. The highest BCUT2D eigenvalue weighted by molar-refractivity contribution is 5.77. The summed E-state index contributed by atoms with van der Waals surface area (Å²) in [5.41, 5.74) is -1.02. The lowest BCUT2D eigenvalue weighted by Gasteiger charge is -2.59. The number of carbonyl (C=O) groups is 1. The van der Waals surface area contributed by atoms with E-state index in [1.807, 2.05) is 13.8 Å². The van der Waals surface area contributed by atoms with Crippen molar-refractivity contribution in [1.82, 2.24) is 0 Å². The van der Waals surface area contributed by atoms with E-state index >= 15 is 0 Å². The third-order valence-electron chi connectivity index (χ3n) is 3.96. The molecule has 0 aromatic rings. The molecule has 1 aliphatic carbocycles. The number of carboxylic acids is 1. The van der Waals surface area contributed by atoms with Crippen molar-refractivity contribution in [2.75, 3.05) is 0 Å². The van der Waals surface area contributed by atoms with E-state index in [0.717, 1.165) is 19.3 Å². The summed E-state index contributed by atoms with van der Waals surface area (Å²) < 4.78 is 5.65. The molecule has 1 N–H and O–H groups in total. The Balaban J connectivity index is 2.32. The minimum atomic E-state index is -0.685. The highest BCUT2D eigenvalue weighted by Gasteiger charge is 2.63. The van der Waals surface area contributed by atoms with E-state index in [2.05, 4.69) is 0 Å². The molecule has 3 unspecified atom stereocenters. The molecule has 2 saturated heterocycles. The molecule has 0 spiro atoms. The van der Waals surface area contributed by atoms with E-state index in [-0.39, 0.29) is 0 Å². The van der Waals surface area contributed by atoms with Crippen molar-refractivity contribution in [2.24, 2.45) is 5.41 Å². The number of hydrogen-bond acceptors (Lipinski definition) is 2. The van der Waals surface area contributed by atoms with E-state index in [1.165, 1.54) is 0 Å². The van der Waals surface area contributed by atoms with Crippen LogP contribution in [0.15, 0.2) is 0 Å². The van der Waals surface area contributed by atoms with Crippen LogP contribution in [0, 0.1) is 5.41 Å². The summed E-state index contributed by atoms with van der Waals surface area (Å²) in [4.78, 5) is 11.3. The van der Waals surface area contributed by atoms with Crippen LogP contribution in [0.5, 0.6) is 0 Å². The van der Waals surface area contributed by atoms with Crippen LogP contribution in [0.25, 0.3) is 0 Å². The fraction of sp³-hybridized carbons (Fsp3) is 0.900. The second-order valence-corrected chi connectivity index (χ2v) is 4.45. The highest BCUT2D eigenvalue weighted by Crippen LogP contribution is 2.57. The fourth-order valence-electron chi connectivity index (χ4n) is 2.97. The van der Waals surface area contributed by atoms with Gasteiger partial charge in [-0.05, 0) is 26.2 Å². The van der Waals surface area contributed by atoms with E-state index in [9.17, 15) is 9.90 Å². The molecule has 2 aliphatic heterocycles. The monoisotopic (exact) mass is 184 g/mol. The van der Waals surface area contributed by atoms with Gasteiger partial charge < -0.3 is 9.84 Å². The van der Waals surface area contributed by atoms with Gasteiger partial charge in [0.15, 0.2) is 0 Å². The number of carboxylic acid groups (broad SMARTS) is 1. The molecule has 0 aromatic heterocycles. The third kappa shape index (κ3) is 0.909. The van der Waals surface area contributed by atoms with Gasteiger partial charge in [0.2, 0.25) is 0 Å². The molecule has 3 atom stereocenters. The van der Waals surface area contributed by atoms with Crippen molar-refractivity contribution in [3.05, 3.63) is 0 Å². The number of fused-ring (bicyclic) bond motifs is 2. The van der Waals surface area contributed by atoms with Crippen molar-refractivity contribution in [1.29, 1.82) is 0 Å². The zero-order chi connectivity index (χ0) is 9.69. The van der Waals surface area contributed by atoms with E-state index in [0.29, 0.717) is 12.5 Å². The van der Waals surface area contributed by atoms with Gasteiger partial charge in [-0.2, -0.15) is 0 Å². The van der Waals surface area contributed by atoms with Crippen molar-refractivity contribution >= 4 is 5.97 Å². The van der Waals surface area contributed by atoms with Gasteiger partial charge in [0.05, 0.1) is 17.1 Å². The quantitative estimate of drug-likeness (QED) is 0.712. The summed E-state index contributed by atoms with van der Waals surface area (Å²) in [6, 6.07) is 0. The van der Waals surface area contributed by atoms with E-state index in [4.69, 9.17) is 4.74 Å². The Morgan fingerprint density at radius 1 is 1.69 bits per heavy atom. The van der Waals surface area contributed by atoms with Crippen molar-refractivity contribution in [3.8, 4) is 0 Å². The van der Waals surface area contributed by atoms with Crippen LogP contribution in [0.2, 0.25) is 0 Å². The predicted molar refractivity (Wildman–Crippen MR) is 47.5 cm³/mol. The van der Waals surface area contributed by atoms with Gasteiger partial charge in [-0.25, -0.2) is 0 Å². The van der Waals surface area contributed by atoms with Gasteiger partial charge in [-0.15, -0.1) is 0 Å². The largest absolute Gasteiger partial charge is 0.481 e. The summed E-state index contributed by atoms with van der Waals surface area (Å²) in [5.74, 6) is -0.685. The van der Waals surface area contributed by atoms with Gasteiger partial charge in [0.1, 0.15) is 0 Å². The summed E-state index contributed by atoms with van der Waals surface area (Å²) in [6.07, 6.45) is 3.62. The SMILES string of the molecule is CCC1(C(=O)O)CCC2CC1(C)O2. The first-order chi connectivity index (χ1) is 6.04. The summed E-state index contributed by atoms with van der Waals surface area (Å²) >= 11 is 0. The van der Waals surface area contributed by atoms with Crippen LogP contribution in [-0.2, 0) is 9.53 Å². The van der Waals surface area contributed by atoms with E-state index in [1.54, 1.807) is 0 Å². The topological polar surface area (TPSA) is 46.5 Å². The predicted octanol–water partition coefficient (Wildman–Crippen LogP) is 1.81. The molecule has 2 bridgehead atoms.